The first kappa shape index (κ1) is 13.1. The van der Waals surface area contributed by atoms with Gasteiger partial charge in [-0.2, -0.15) is 0 Å². The van der Waals surface area contributed by atoms with Gasteiger partial charge in [-0.05, 0) is 44.6 Å². The Labute approximate surface area is 108 Å². The number of hydrogen-bond donors (Lipinski definition) is 2. The highest BCUT2D eigenvalue weighted by Crippen LogP contribution is 2.34. The fraction of sp³-hybridized carbons (Fsp3) is 0.917. The summed E-state index contributed by atoms with van der Waals surface area (Å²) >= 11 is 0. The molecule has 4 nitrogen and oxygen atoms in total. The fourth-order valence-corrected chi connectivity index (χ4v) is 2.76. The van der Waals surface area contributed by atoms with Crippen molar-refractivity contribution in [1.29, 1.82) is 0 Å². The van der Waals surface area contributed by atoms with Gasteiger partial charge in [-0.25, -0.2) is 0 Å². The van der Waals surface area contributed by atoms with Crippen LogP contribution in [-0.4, -0.2) is 37.2 Å². The summed E-state index contributed by atoms with van der Waals surface area (Å²) in [4.78, 5) is 11.6. The average molecular weight is 261 g/mol. The van der Waals surface area contributed by atoms with Crippen molar-refractivity contribution in [2.45, 2.75) is 50.4 Å². The van der Waals surface area contributed by atoms with Crippen molar-refractivity contribution in [1.82, 2.24) is 10.6 Å². The number of halogens is 1. The molecule has 3 aliphatic rings. The molecule has 0 aromatic rings. The SMILES string of the molecule is Cl.O=C(CNCC1CC1)NC1CC2CCC1O2. The maximum Gasteiger partial charge on any atom is 0.234 e. The van der Waals surface area contributed by atoms with Crippen LogP contribution in [0, 0.1) is 5.92 Å². The summed E-state index contributed by atoms with van der Waals surface area (Å²) in [5.41, 5.74) is 0. The molecule has 1 saturated carbocycles. The van der Waals surface area contributed by atoms with E-state index in [1.807, 2.05) is 0 Å². The highest BCUT2D eigenvalue weighted by Gasteiger charge is 2.41. The lowest BCUT2D eigenvalue weighted by atomic mass is 9.95. The first-order valence-corrected chi connectivity index (χ1v) is 6.47. The van der Waals surface area contributed by atoms with Crippen molar-refractivity contribution in [2.24, 2.45) is 5.92 Å². The summed E-state index contributed by atoms with van der Waals surface area (Å²) in [5.74, 6) is 0.959. The molecule has 3 rings (SSSR count). The zero-order chi connectivity index (χ0) is 11.0. The maximum absolute atomic E-state index is 11.6. The van der Waals surface area contributed by atoms with Gasteiger partial charge in [0.1, 0.15) is 0 Å². The zero-order valence-corrected chi connectivity index (χ0v) is 10.8. The quantitative estimate of drug-likeness (QED) is 0.770. The monoisotopic (exact) mass is 260 g/mol. The zero-order valence-electron chi connectivity index (χ0n) is 9.98. The summed E-state index contributed by atoms with van der Waals surface area (Å²) in [5, 5.41) is 6.29. The topological polar surface area (TPSA) is 50.4 Å². The molecule has 0 aromatic heterocycles. The van der Waals surface area contributed by atoms with Crippen LogP contribution < -0.4 is 10.6 Å². The van der Waals surface area contributed by atoms with E-state index in [4.69, 9.17) is 4.74 Å². The minimum atomic E-state index is 0. The van der Waals surface area contributed by atoms with Crippen LogP contribution in [0.2, 0.25) is 0 Å². The molecule has 5 heteroatoms. The van der Waals surface area contributed by atoms with Gasteiger partial charge in [0.05, 0.1) is 24.8 Å². The molecule has 0 radical (unpaired) electrons. The molecule has 0 spiro atoms. The second-order valence-electron chi connectivity index (χ2n) is 5.36. The van der Waals surface area contributed by atoms with Crippen LogP contribution in [0.1, 0.15) is 32.1 Å². The molecule has 2 bridgehead atoms. The van der Waals surface area contributed by atoms with Gasteiger partial charge in [-0.15, -0.1) is 12.4 Å². The molecular formula is C12H21ClN2O2. The summed E-state index contributed by atoms with van der Waals surface area (Å²) in [6.45, 7) is 1.46. The Morgan fingerprint density at radius 3 is 2.65 bits per heavy atom. The summed E-state index contributed by atoms with van der Waals surface area (Å²) in [6.07, 6.45) is 6.66. The highest BCUT2D eigenvalue weighted by atomic mass is 35.5. The van der Waals surface area contributed by atoms with Gasteiger partial charge >= 0.3 is 0 Å². The Morgan fingerprint density at radius 1 is 1.24 bits per heavy atom. The normalized spacial score (nSPS) is 34.5. The molecule has 0 aromatic carbocycles. The van der Waals surface area contributed by atoms with Gasteiger partial charge in [0.2, 0.25) is 5.91 Å². The highest BCUT2D eigenvalue weighted by molar-refractivity contribution is 5.85. The number of amides is 1. The van der Waals surface area contributed by atoms with E-state index in [-0.39, 0.29) is 30.5 Å². The Kier molecular flexibility index (Phi) is 4.28. The molecule has 2 aliphatic heterocycles. The predicted octanol–water partition coefficient (Wildman–Crippen LogP) is 0.844. The Bertz CT molecular complexity index is 284. The molecule has 98 valence electrons. The number of nitrogens with one attached hydrogen (secondary N) is 2. The average Bonchev–Trinajstić information content (AvgIpc) is 2.86. The van der Waals surface area contributed by atoms with Crippen LogP contribution in [0.5, 0.6) is 0 Å². The summed E-state index contributed by atoms with van der Waals surface area (Å²) in [6, 6.07) is 0.272. The van der Waals surface area contributed by atoms with Crippen molar-refractivity contribution in [3.05, 3.63) is 0 Å². The second kappa shape index (κ2) is 5.55. The first-order valence-electron chi connectivity index (χ1n) is 6.47. The standard InChI is InChI=1S/C12H20N2O2.ClH/c15-12(7-13-6-8-1-2-8)14-10-5-9-3-4-11(10)16-9;/h8-11,13H,1-7H2,(H,14,15);1H. The number of hydrogen-bond acceptors (Lipinski definition) is 3. The van der Waals surface area contributed by atoms with Gasteiger partial charge in [0.15, 0.2) is 0 Å². The van der Waals surface area contributed by atoms with E-state index in [1.165, 1.54) is 19.3 Å². The molecule has 3 atom stereocenters. The minimum Gasteiger partial charge on any atom is -0.373 e. The number of fused-ring (bicyclic) bond motifs is 2. The molecule has 2 saturated heterocycles. The van der Waals surface area contributed by atoms with Gasteiger partial charge in [0, 0.05) is 0 Å². The molecule has 2 heterocycles. The predicted molar refractivity (Wildman–Crippen MR) is 67.3 cm³/mol. The van der Waals surface area contributed by atoms with Crippen LogP contribution in [0.3, 0.4) is 0 Å². The van der Waals surface area contributed by atoms with Gasteiger partial charge in [-0.3, -0.25) is 4.79 Å². The van der Waals surface area contributed by atoms with E-state index in [0.29, 0.717) is 12.6 Å². The van der Waals surface area contributed by atoms with Gasteiger partial charge < -0.3 is 15.4 Å². The number of carbonyl (C=O) groups excluding carboxylic acids is 1. The van der Waals surface area contributed by atoms with E-state index in [2.05, 4.69) is 10.6 Å². The van der Waals surface area contributed by atoms with Crippen LogP contribution in [-0.2, 0) is 9.53 Å². The molecule has 1 amide bonds. The molecule has 2 N–H and O–H groups in total. The van der Waals surface area contributed by atoms with Crippen LogP contribution in [0.4, 0.5) is 0 Å². The van der Waals surface area contributed by atoms with Crippen molar-refractivity contribution in [3.8, 4) is 0 Å². The molecule has 3 unspecified atom stereocenters. The number of carbonyl (C=O) groups is 1. The van der Waals surface area contributed by atoms with Crippen LogP contribution in [0.25, 0.3) is 0 Å². The van der Waals surface area contributed by atoms with Crippen LogP contribution in [0.15, 0.2) is 0 Å². The lowest BCUT2D eigenvalue weighted by molar-refractivity contribution is -0.121. The van der Waals surface area contributed by atoms with E-state index in [0.717, 1.165) is 25.3 Å². The minimum absolute atomic E-state index is 0. The number of ether oxygens (including phenoxy) is 1. The van der Waals surface area contributed by atoms with Gasteiger partial charge in [0.25, 0.3) is 0 Å². The third-order valence-corrected chi connectivity index (χ3v) is 3.87. The van der Waals surface area contributed by atoms with Crippen LogP contribution >= 0.6 is 12.4 Å². The van der Waals surface area contributed by atoms with E-state index in [1.54, 1.807) is 0 Å². The third kappa shape index (κ3) is 3.33. The van der Waals surface area contributed by atoms with E-state index >= 15 is 0 Å². The number of rotatable bonds is 5. The largest absolute Gasteiger partial charge is 0.373 e. The summed E-state index contributed by atoms with van der Waals surface area (Å²) < 4.78 is 5.70. The Hall–Kier alpha value is -0.320. The van der Waals surface area contributed by atoms with Gasteiger partial charge in [-0.1, -0.05) is 0 Å². The molecule has 1 aliphatic carbocycles. The lowest BCUT2D eigenvalue weighted by Crippen LogP contribution is -2.45. The maximum atomic E-state index is 11.6. The smallest absolute Gasteiger partial charge is 0.234 e. The van der Waals surface area contributed by atoms with Crippen molar-refractivity contribution >= 4 is 18.3 Å². The molecule has 17 heavy (non-hydrogen) atoms. The van der Waals surface area contributed by atoms with Crippen molar-refractivity contribution < 1.29 is 9.53 Å². The molecular weight excluding hydrogens is 240 g/mol. The Morgan fingerprint density at radius 2 is 2.06 bits per heavy atom. The molecule has 3 fully saturated rings. The summed E-state index contributed by atoms with van der Waals surface area (Å²) in [7, 11) is 0. The third-order valence-electron chi connectivity index (χ3n) is 3.87. The fourth-order valence-electron chi connectivity index (χ4n) is 2.76. The van der Waals surface area contributed by atoms with Crippen molar-refractivity contribution in [2.75, 3.05) is 13.1 Å². The second-order valence-corrected chi connectivity index (χ2v) is 5.36. The lowest BCUT2D eigenvalue weighted by Gasteiger charge is -2.20. The van der Waals surface area contributed by atoms with E-state index < -0.39 is 0 Å². The van der Waals surface area contributed by atoms with E-state index in [9.17, 15) is 4.79 Å². The van der Waals surface area contributed by atoms with Crippen molar-refractivity contribution in [3.63, 3.8) is 0 Å². The Balaban J connectivity index is 0.00000108. The first-order chi connectivity index (χ1) is 7.81.